The van der Waals surface area contributed by atoms with Crippen molar-refractivity contribution in [3.05, 3.63) is 35.9 Å². The monoisotopic (exact) mass is 306 g/mol. The van der Waals surface area contributed by atoms with E-state index in [0.29, 0.717) is 12.1 Å². The van der Waals surface area contributed by atoms with Gasteiger partial charge in [0.25, 0.3) is 0 Å². The van der Waals surface area contributed by atoms with E-state index in [0.717, 1.165) is 39.3 Å². The Kier molecular flexibility index (Phi) is 5.98. The molecule has 3 nitrogen and oxygen atoms in total. The molecule has 2 heterocycles. The number of benzene rings is 1. The third-order valence-corrected chi connectivity index (χ3v) is 5.47. The predicted octanol–water partition coefficient (Wildman–Crippen LogP) is 2.02. The van der Waals surface area contributed by atoms with Gasteiger partial charge < -0.3 is 10.1 Å². The van der Waals surface area contributed by atoms with Crippen molar-refractivity contribution in [2.75, 3.05) is 44.4 Å². The topological polar surface area (TPSA) is 24.5 Å². The van der Waals surface area contributed by atoms with E-state index in [9.17, 15) is 0 Å². The molecule has 0 bridgehead atoms. The summed E-state index contributed by atoms with van der Waals surface area (Å²) in [6, 6.07) is 12.1. The second-order valence-corrected chi connectivity index (χ2v) is 7.18. The quantitative estimate of drug-likeness (QED) is 0.869. The van der Waals surface area contributed by atoms with Crippen LogP contribution in [0.1, 0.15) is 12.0 Å². The standard InChI is InChI=1S/C17H26N2OS/c1-2-4-15(5-3-1)12-17(18-16-6-11-21-14-16)13-19-7-9-20-10-8-19/h1-5,16-18H,6-14H2/t16-,17-/m1/s1. The highest BCUT2D eigenvalue weighted by Gasteiger charge is 2.22. The lowest BCUT2D eigenvalue weighted by Crippen LogP contribution is -2.49. The number of rotatable bonds is 6. The van der Waals surface area contributed by atoms with E-state index < -0.39 is 0 Å². The zero-order valence-corrected chi connectivity index (χ0v) is 13.5. The first-order chi connectivity index (χ1) is 10.4. The van der Waals surface area contributed by atoms with Gasteiger partial charge in [-0.15, -0.1) is 0 Å². The molecule has 0 aliphatic carbocycles. The number of ether oxygens (including phenoxy) is 1. The zero-order chi connectivity index (χ0) is 14.3. The van der Waals surface area contributed by atoms with Gasteiger partial charge >= 0.3 is 0 Å². The Bertz CT molecular complexity index is 403. The van der Waals surface area contributed by atoms with Gasteiger partial charge in [0.2, 0.25) is 0 Å². The van der Waals surface area contributed by atoms with Gasteiger partial charge in [-0.25, -0.2) is 0 Å². The smallest absolute Gasteiger partial charge is 0.0594 e. The molecule has 1 aromatic rings. The third-order valence-electron chi connectivity index (χ3n) is 4.31. The molecule has 21 heavy (non-hydrogen) atoms. The van der Waals surface area contributed by atoms with Crippen LogP contribution in [0, 0.1) is 0 Å². The Hall–Kier alpha value is -0.550. The molecule has 2 aliphatic heterocycles. The number of nitrogens with one attached hydrogen (secondary N) is 1. The fourth-order valence-corrected chi connectivity index (χ4v) is 4.33. The Balaban J connectivity index is 1.58. The van der Waals surface area contributed by atoms with Gasteiger partial charge in [-0.2, -0.15) is 11.8 Å². The first kappa shape index (κ1) is 15.3. The van der Waals surface area contributed by atoms with Crippen molar-refractivity contribution < 1.29 is 4.74 Å². The molecule has 1 aromatic carbocycles. The SMILES string of the molecule is c1ccc(C[C@H](CN2CCOCC2)N[C@@H]2CCSC2)cc1. The van der Waals surface area contributed by atoms with E-state index in [4.69, 9.17) is 4.74 Å². The highest BCUT2D eigenvalue weighted by atomic mass is 32.2. The Morgan fingerprint density at radius 1 is 1.24 bits per heavy atom. The van der Waals surface area contributed by atoms with Crippen molar-refractivity contribution in [1.29, 1.82) is 0 Å². The van der Waals surface area contributed by atoms with Crippen LogP contribution in [0.3, 0.4) is 0 Å². The molecule has 2 atom stereocenters. The van der Waals surface area contributed by atoms with E-state index in [2.05, 4.69) is 52.3 Å². The van der Waals surface area contributed by atoms with Crippen LogP contribution in [0.15, 0.2) is 30.3 Å². The van der Waals surface area contributed by atoms with Crippen LogP contribution >= 0.6 is 11.8 Å². The summed E-state index contributed by atoms with van der Waals surface area (Å²) < 4.78 is 5.47. The van der Waals surface area contributed by atoms with Crippen molar-refractivity contribution in [2.45, 2.75) is 24.9 Å². The summed E-state index contributed by atoms with van der Waals surface area (Å²) in [6.45, 7) is 5.06. The molecule has 1 N–H and O–H groups in total. The summed E-state index contributed by atoms with van der Waals surface area (Å²) in [4.78, 5) is 2.55. The minimum atomic E-state index is 0.550. The molecule has 0 amide bonds. The fraction of sp³-hybridized carbons (Fsp3) is 0.647. The first-order valence-corrected chi connectivity index (χ1v) is 9.23. The molecule has 0 saturated carbocycles. The van der Waals surface area contributed by atoms with Gasteiger partial charge in [-0.05, 0) is 24.2 Å². The number of morpholine rings is 1. The van der Waals surface area contributed by atoms with E-state index in [1.807, 2.05) is 0 Å². The molecule has 0 spiro atoms. The zero-order valence-electron chi connectivity index (χ0n) is 12.7. The molecule has 2 aliphatic rings. The maximum Gasteiger partial charge on any atom is 0.0594 e. The van der Waals surface area contributed by atoms with Crippen LogP contribution in [-0.4, -0.2) is 61.3 Å². The van der Waals surface area contributed by atoms with Crippen molar-refractivity contribution >= 4 is 11.8 Å². The molecule has 3 rings (SSSR count). The van der Waals surface area contributed by atoms with Crippen LogP contribution in [0.4, 0.5) is 0 Å². The average Bonchev–Trinajstić information content (AvgIpc) is 3.02. The Morgan fingerprint density at radius 3 is 2.76 bits per heavy atom. The second-order valence-electron chi connectivity index (χ2n) is 6.03. The van der Waals surface area contributed by atoms with E-state index >= 15 is 0 Å². The normalized spacial score (nSPS) is 25.0. The summed E-state index contributed by atoms with van der Waals surface area (Å²) in [5.41, 5.74) is 1.44. The molecular weight excluding hydrogens is 280 g/mol. The fourth-order valence-electron chi connectivity index (χ4n) is 3.17. The summed E-state index contributed by atoms with van der Waals surface area (Å²) in [5.74, 6) is 2.58. The summed E-state index contributed by atoms with van der Waals surface area (Å²) in [5, 5.41) is 3.91. The van der Waals surface area contributed by atoms with Crippen molar-refractivity contribution in [2.24, 2.45) is 0 Å². The number of thioether (sulfide) groups is 1. The van der Waals surface area contributed by atoms with Crippen LogP contribution in [0.5, 0.6) is 0 Å². The van der Waals surface area contributed by atoms with Crippen LogP contribution in [-0.2, 0) is 11.2 Å². The van der Waals surface area contributed by atoms with Gasteiger partial charge in [0, 0.05) is 37.5 Å². The van der Waals surface area contributed by atoms with Gasteiger partial charge in [0.05, 0.1) is 13.2 Å². The minimum Gasteiger partial charge on any atom is -0.379 e. The lowest BCUT2D eigenvalue weighted by Gasteiger charge is -2.32. The Labute approximate surface area is 132 Å². The number of hydrogen-bond acceptors (Lipinski definition) is 4. The number of hydrogen-bond donors (Lipinski definition) is 1. The molecule has 116 valence electrons. The van der Waals surface area contributed by atoms with Crippen LogP contribution in [0.2, 0.25) is 0 Å². The summed E-state index contributed by atoms with van der Waals surface area (Å²) >= 11 is 2.08. The lowest BCUT2D eigenvalue weighted by molar-refractivity contribution is 0.0331. The highest BCUT2D eigenvalue weighted by molar-refractivity contribution is 7.99. The maximum absolute atomic E-state index is 5.47. The van der Waals surface area contributed by atoms with Crippen LogP contribution < -0.4 is 5.32 Å². The van der Waals surface area contributed by atoms with Gasteiger partial charge in [-0.1, -0.05) is 30.3 Å². The second kappa shape index (κ2) is 8.18. The maximum atomic E-state index is 5.47. The predicted molar refractivity (Wildman–Crippen MR) is 90.1 cm³/mol. The lowest BCUT2D eigenvalue weighted by atomic mass is 10.0. The average molecular weight is 306 g/mol. The molecule has 0 unspecified atom stereocenters. The highest BCUT2D eigenvalue weighted by Crippen LogP contribution is 2.18. The molecule has 2 saturated heterocycles. The largest absolute Gasteiger partial charge is 0.379 e. The molecule has 2 fully saturated rings. The van der Waals surface area contributed by atoms with Gasteiger partial charge in [-0.3, -0.25) is 4.90 Å². The molecule has 0 aromatic heterocycles. The Morgan fingerprint density at radius 2 is 2.05 bits per heavy atom. The molecular formula is C17H26N2OS. The summed E-state index contributed by atoms with van der Waals surface area (Å²) in [6.07, 6.45) is 2.44. The van der Waals surface area contributed by atoms with E-state index in [1.54, 1.807) is 0 Å². The van der Waals surface area contributed by atoms with Crippen LogP contribution in [0.25, 0.3) is 0 Å². The minimum absolute atomic E-state index is 0.550. The van der Waals surface area contributed by atoms with Gasteiger partial charge in [0.15, 0.2) is 0 Å². The van der Waals surface area contributed by atoms with Gasteiger partial charge in [0.1, 0.15) is 0 Å². The van der Waals surface area contributed by atoms with Crippen molar-refractivity contribution in [3.8, 4) is 0 Å². The van der Waals surface area contributed by atoms with Crippen molar-refractivity contribution in [1.82, 2.24) is 10.2 Å². The van der Waals surface area contributed by atoms with E-state index in [-0.39, 0.29) is 0 Å². The summed E-state index contributed by atoms with van der Waals surface area (Å²) in [7, 11) is 0. The number of nitrogens with zero attached hydrogens (tertiary/aromatic N) is 1. The molecule has 0 radical (unpaired) electrons. The third kappa shape index (κ3) is 4.99. The van der Waals surface area contributed by atoms with Crippen molar-refractivity contribution in [3.63, 3.8) is 0 Å². The molecule has 4 heteroatoms. The first-order valence-electron chi connectivity index (χ1n) is 8.08. The van der Waals surface area contributed by atoms with E-state index in [1.165, 1.54) is 23.5 Å².